The van der Waals surface area contributed by atoms with Gasteiger partial charge in [-0.25, -0.2) is 14.4 Å². The van der Waals surface area contributed by atoms with Crippen LogP contribution in [0.1, 0.15) is 53.7 Å². The first kappa shape index (κ1) is 25.1. The van der Waals surface area contributed by atoms with Gasteiger partial charge >= 0.3 is 0 Å². The number of aromatic nitrogens is 3. The van der Waals surface area contributed by atoms with Crippen LogP contribution in [-0.4, -0.2) is 63.3 Å². The normalized spacial score (nSPS) is 21.6. The number of H-pyrrole nitrogens is 1. The van der Waals surface area contributed by atoms with Crippen molar-refractivity contribution in [1.82, 2.24) is 25.6 Å². The van der Waals surface area contributed by atoms with Crippen molar-refractivity contribution in [1.29, 1.82) is 0 Å². The zero-order valence-corrected chi connectivity index (χ0v) is 21.0. The Morgan fingerprint density at radius 2 is 1.97 bits per heavy atom. The Bertz CT molecular complexity index is 1320. The lowest BCUT2D eigenvalue weighted by Crippen LogP contribution is -2.50. The predicted octanol–water partition coefficient (Wildman–Crippen LogP) is 3.13. The van der Waals surface area contributed by atoms with Crippen LogP contribution in [0, 0.1) is 19.8 Å². The van der Waals surface area contributed by atoms with Crippen LogP contribution in [-0.2, 0) is 4.79 Å². The molecule has 0 unspecified atom stereocenters. The summed E-state index contributed by atoms with van der Waals surface area (Å²) in [4.78, 5) is 37.0. The third kappa shape index (κ3) is 5.44. The molecular formula is C27H32FN5O4. The molecule has 0 spiro atoms. The van der Waals surface area contributed by atoms with Gasteiger partial charge in [0.15, 0.2) is 0 Å². The molecule has 4 N–H and O–H groups in total. The smallest absolute Gasteiger partial charge is 0.255 e. The number of aromatic amines is 1. The monoisotopic (exact) mass is 509 g/mol. The van der Waals surface area contributed by atoms with Crippen LogP contribution in [0.3, 0.4) is 0 Å². The Balaban J connectivity index is 1.39. The van der Waals surface area contributed by atoms with Crippen molar-refractivity contribution in [3.05, 3.63) is 41.3 Å². The summed E-state index contributed by atoms with van der Waals surface area (Å²) in [7, 11) is 0. The van der Waals surface area contributed by atoms with Crippen LogP contribution in [0.4, 0.5) is 4.39 Å². The maximum atomic E-state index is 14.9. The average Bonchev–Trinajstić information content (AvgIpc) is 3.64. The molecule has 3 aromatic rings. The number of nitrogens with zero attached hydrogens (tertiary/aromatic N) is 2. The van der Waals surface area contributed by atoms with E-state index in [4.69, 9.17) is 9.84 Å². The molecule has 1 aromatic carbocycles. The predicted molar refractivity (Wildman–Crippen MR) is 136 cm³/mol. The average molecular weight is 510 g/mol. The van der Waals surface area contributed by atoms with E-state index in [1.807, 2.05) is 25.1 Å². The lowest BCUT2D eigenvalue weighted by molar-refractivity contribution is -0.124. The van der Waals surface area contributed by atoms with E-state index >= 15 is 0 Å². The Hall–Kier alpha value is -3.53. The molecular weight excluding hydrogens is 477 g/mol. The number of rotatable bonds is 8. The number of alkyl halides is 1. The van der Waals surface area contributed by atoms with Gasteiger partial charge in [-0.3, -0.25) is 9.59 Å². The fourth-order valence-corrected chi connectivity index (χ4v) is 4.97. The third-order valence-electron chi connectivity index (χ3n) is 7.16. The van der Waals surface area contributed by atoms with Crippen LogP contribution in [0.25, 0.3) is 22.3 Å². The molecule has 3 atom stereocenters. The fraction of sp³-hybridized carbons (Fsp3) is 0.481. The minimum absolute atomic E-state index is 0.0763. The molecule has 0 bridgehead atoms. The summed E-state index contributed by atoms with van der Waals surface area (Å²) in [6.07, 6.45) is 3.44. The molecule has 5 rings (SSSR count). The number of fused-ring (bicyclic) bond motifs is 1. The molecule has 2 aliphatic rings. The second kappa shape index (κ2) is 10.5. The number of benzene rings is 1. The highest BCUT2D eigenvalue weighted by molar-refractivity contribution is 6.09. The molecule has 0 radical (unpaired) electrons. The van der Waals surface area contributed by atoms with E-state index in [1.165, 1.54) is 19.2 Å². The number of amides is 2. The minimum atomic E-state index is -1.32. The van der Waals surface area contributed by atoms with Gasteiger partial charge in [0.2, 0.25) is 5.91 Å². The number of aryl methyl sites for hydroxylation is 2. The van der Waals surface area contributed by atoms with E-state index in [1.54, 1.807) is 6.92 Å². The Kier molecular flexibility index (Phi) is 7.10. The van der Waals surface area contributed by atoms with Crippen molar-refractivity contribution >= 4 is 22.8 Å². The first-order chi connectivity index (χ1) is 17.8. The number of halogens is 1. The summed E-state index contributed by atoms with van der Waals surface area (Å²) in [5, 5.41) is 14.3. The Labute approximate surface area is 214 Å². The second-order valence-electron chi connectivity index (χ2n) is 10.2. The zero-order chi connectivity index (χ0) is 26.1. The summed E-state index contributed by atoms with van der Waals surface area (Å²) < 4.78 is 21.0. The number of carbonyl (C=O) groups is 2. The lowest BCUT2D eigenvalue weighted by atomic mass is 9.89. The lowest BCUT2D eigenvalue weighted by Gasteiger charge is -2.32. The first-order valence-electron chi connectivity index (χ1n) is 12.8. The van der Waals surface area contributed by atoms with E-state index in [2.05, 4.69) is 25.6 Å². The maximum absolute atomic E-state index is 14.9. The van der Waals surface area contributed by atoms with Crippen molar-refractivity contribution in [3.8, 4) is 17.0 Å². The van der Waals surface area contributed by atoms with Gasteiger partial charge in [-0.1, -0.05) is 11.6 Å². The van der Waals surface area contributed by atoms with E-state index in [0.717, 1.165) is 16.9 Å². The Morgan fingerprint density at radius 3 is 2.70 bits per heavy atom. The number of aliphatic hydroxyl groups excluding tert-OH is 1. The fourth-order valence-electron chi connectivity index (χ4n) is 4.97. The van der Waals surface area contributed by atoms with Crippen LogP contribution >= 0.6 is 0 Å². The molecule has 2 heterocycles. The van der Waals surface area contributed by atoms with Gasteiger partial charge in [0, 0.05) is 23.7 Å². The van der Waals surface area contributed by atoms with E-state index < -0.39 is 30.6 Å². The molecule has 2 fully saturated rings. The van der Waals surface area contributed by atoms with Gasteiger partial charge in [-0.15, -0.1) is 0 Å². The largest absolute Gasteiger partial charge is 0.493 e. The molecule has 2 amide bonds. The van der Waals surface area contributed by atoms with Crippen molar-refractivity contribution in [2.75, 3.05) is 13.2 Å². The highest BCUT2D eigenvalue weighted by Crippen LogP contribution is 2.37. The minimum Gasteiger partial charge on any atom is -0.493 e. The van der Waals surface area contributed by atoms with E-state index in [0.29, 0.717) is 53.4 Å². The SMILES string of the molecule is Cc1ccc(OCC2CC2)c(-c2ncnc3c(C(=O)N[C@H]4CC[C@H](NC(=O)CO)C[C@H]4F)c(C)[nH]c23)c1. The van der Waals surface area contributed by atoms with Crippen LogP contribution in [0.2, 0.25) is 0 Å². The standard InChI is InChI=1S/C27H32FN5O4/c1-14-3-8-21(37-12-16-4-5-16)18(9-14)24-26-25(30-13-29-24)23(15(2)31-26)27(36)33-20-7-6-17(10-19(20)28)32-22(35)11-34/h3,8-9,13,16-17,19-20,31,34H,4-7,10-12H2,1-2H3,(H,32,35)(H,33,36)/t17-,19+,20-/m0/s1. The highest BCUT2D eigenvalue weighted by atomic mass is 19.1. The number of aliphatic hydroxyl groups is 1. The molecule has 9 nitrogen and oxygen atoms in total. The molecule has 0 saturated heterocycles. The number of hydrogen-bond donors (Lipinski definition) is 4. The summed E-state index contributed by atoms with van der Waals surface area (Å²) >= 11 is 0. The molecule has 196 valence electrons. The molecule has 2 aromatic heterocycles. The second-order valence-corrected chi connectivity index (χ2v) is 10.2. The van der Waals surface area contributed by atoms with E-state index in [9.17, 15) is 14.0 Å². The maximum Gasteiger partial charge on any atom is 0.255 e. The highest BCUT2D eigenvalue weighted by Gasteiger charge is 2.33. The summed E-state index contributed by atoms with van der Waals surface area (Å²) in [5.41, 5.74) is 4.59. The summed E-state index contributed by atoms with van der Waals surface area (Å²) in [6.45, 7) is 3.82. The van der Waals surface area contributed by atoms with Gasteiger partial charge < -0.3 is 25.5 Å². The number of nitrogens with one attached hydrogen (secondary N) is 3. The number of ether oxygens (including phenoxy) is 1. The van der Waals surface area contributed by atoms with E-state index in [-0.39, 0.29) is 12.5 Å². The van der Waals surface area contributed by atoms with Crippen molar-refractivity contribution in [2.45, 2.75) is 64.2 Å². The van der Waals surface area contributed by atoms with Crippen molar-refractivity contribution < 1.29 is 23.8 Å². The zero-order valence-electron chi connectivity index (χ0n) is 21.0. The third-order valence-corrected chi connectivity index (χ3v) is 7.16. The van der Waals surface area contributed by atoms with Gasteiger partial charge in [0.25, 0.3) is 5.91 Å². The summed E-state index contributed by atoms with van der Waals surface area (Å²) in [6, 6.07) is 4.92. The quantitative estimate of drug-likeness (QED) is 0.369. The number of carbonyl (C=O) groups excluding carboxylic acids is 2. The molecule has 37 heavy (non-hydrogen) atoms. The molecule has 2 aliphatic carbocycles. The molecule has 2 saturated carbocycles. The van der Waals surface area contributed by atoms with Gasteiger partial charge in [-0.05, 0) is 57.6 Å². The van der Waals surface area contributed by atoms with Gasteiger partial charge in [0.1, 0.15) is 36.1 Å². The topological polar surface area (TPSA) is 129 Å². The number of hydrogen-bond acceptors (Lipinski definition) is 6. The van der Waals surface area contributed by atoms with Crippen LogP contribution in [0.5, 0.6) is 5.75 Å². The van der Waals surface area contributed by atoms with Crippen LogP contribution < -0.4 is 15.4 Å². The summed E-state index contributed by atoms with van der Waals surface area (Å²) in [5.74, 6) is 0.400. The van der Waals surface area contributed by atoms with Crippen LogP contribution in [0.15, 0.2) is 24.5 Å². The molecule has 0 aliphatic heterocycles. The Morgan fingerprint density at radius 1 is 1.16 bits per heavy atom. The van der Waals surface area contributed by atoms with Gasteiger partial charge in [0.05, 0.1) is 23.7 Å². The van der Waals surface area contributed by atoms with Gasteiger partial charge in [-0.2, -0.15) is 0 Å². The molecule has 10 heteroatoms. The van der Waals surface area contributed by atoms with Crippen molar-refractivity contribution in [2.24, 2.45) is 5.92 Å². The first-order valence-corrected chi connectivity index (χ1v) is 12.8. The van der Waals surface area contributed by atoms with Crippen molar-refractivity contribution in [3.63, 3.8) is 0 Å².